The van der Waals surface area contributed by atoms with Crippen LogP contribution in [0.1, 0.15) is 0 Å². The van der Waals surface area contributed by atoms with Gasteiger partial charge in [-0.15, -0.1) is 0 Å². The summed E-state index contributed by atoms with van der Waals surface area (Å²) >= 11 is 5.94. The standard InChI is InChI=1S/C13H9ClN2O/c1-17-12-4-2-3-10-13(12)16-9-6-5-8(14)7-11(9)15-10/h2-7H,1H3. The lowest BCUT2D eigenvalue weighted by molar-refractivity contribution is 0.419. The topological polar surface area (TPSA) is 35.0 Å². The molecule has 1 heterocycles. The molecule has 0 spiro atoms. The van der Waals surface area contributed by atoms with Crippen molar-refractivity contribution in [1.29, 1.82) is 0 Å². The SMILES string of the molecule is COc1cccc2nc3cc(Cl)ccc3nc12. The van der Waals surface area contributed by atoms with Gasteiger partial charge in [-0.2, -0.15) is 0 Å². The van der Waals surface area contributed by atoms with E-state index in [1.807, 2.05) is 30.3 Å². The van der Waals surface area contributed by atoms with Gasteiger partial charge in [0.1, 0.15) is 11.3 Å². The van der Waals surface area contributed by atoms with Crippen LogP contribution in [-0.4, -0.2) is 17.1 Å². The van der Waals surface area contributed by atoms with Crippen LogP contribution in [0.25, 0.3) is 22.1 Å². The van der Waals surface area contributed by atoms with Crippen LogP contribution in [0.4, 0.5) is 0 Å². The molecule has 2 aromatic carbocycles. The predicted molar refractivity (Wildman–Crippen MR) is 68.6 cm³/mol. The molecule has 0 fully saturated rings. The Bertz CT molecular complexity index is 712. The van der Waals surface area contributed by atoms with Crippen LogP contribution in [0, 0.1) is 0 Å². The van der Waals surface area contributed by atoms with Crippen LogP contribution < -0.4 is 4.74 Å². The summed E-state index contributed by atoms with van der Waals surface area (Å²) in [7, 11) is 1.63. The first kappa shape index (κ1) is 10.3. The van der Waals surface area contributed by atoms with Crippen LogP contribution in [0.15, 0.2) is 36.4 Å². The molecule has 0 saturated carbocycles. The summed E-state index contributed by atoms with van der Waals surface area (Å²) in [6, 6.07) is 11.1. The minimum atomic E-state index is 0.661. The van der Waals surface area contributed by atoms with Crippen molar-refractivity contribution in [2.75, 3.05) is 7.11 Å². The number of ether oxygens (including phenoxy) is 1. The van der Waals surface area contributed by atoms with E-state index in [4.69, 9.17) is 16.3 Å². The zero-order chi connectivity index (χ0) is 11.8. The summed E-state index contributed by atoms with van der Waals surface area (Å²) in [6.45, 7) is 0. The number of rotatable bonds is 1. The maximum atomic E-state index is 5.94. The first-order valence-electron chi connectivity index (χ1n) is 5.18. The molecule has 0 saturated heterocycles. The summed E-state index contributed by atoms with van der Waals surface area (Å²) in [5.41, 5.74) is 3.17. The molecule has 0 radical (unpaired) electrons. The summed E-state index contributed by atoms with van der Waals surface area (Å²) in [6.07, 6.45) is 0. The zero-order valence-electron chi connectivity index (χ0n) is 9.14. The molecule has 0 atom stereocenters. The molecule has 3 aromatic rings. The second kappa shape index (κ2) is 3.86. The second-order valence-electron chi connectivity index (χ2n) is 3.68. The van der Waals surface area contributed by atoms with Crippen LogP contribution >= 0.6 is 11.6 Å². The lowest BCUT2D eigenvalue weighted by Crippen LogP contribution is -1.91. The van der Waals surface area contributed by atoms with E-state index in [1.165, 1.54) is 0 Å². The first-order chi connectivity index (χ1) is 8.28. The first-order valence-corrected chi connectivity index (χ1v) is 5.56. The Hall–Kier alpha value is -1.87. The maximum absolute atomic E-state index is 5.94. The normalized spacial score (nSPS) is 10.9. The summed E-state index contributed by atoms with van der Waals surface area (Å²) in [5.74, 6) is 0.729. The van der Waals surface area contributed by atoms with Crippen molar-refractivity contribution in [1.82, 2.24) is 9.97 Å². The third-order valence-electron chi connectivity index (χ3n) is 2.61. The quantitative estimate of drug-likeness (QED) is 0.615. The number of nitrogens with zero attached hydrogens (tertiary/aromatic N) is 2. The van der Waals surface area contributed by atoms with Crippen LogP contribution in [0.3, 0.4) is 0 Å². The van der Waals surface area contributed by atoms with Gasteiger partial charge in [0.25, 0.3) is 0 Å². The highest BCUT2D eigenvalue weighted by molar-refractivity contribution is 6.31. The number of hydrogen-bond donors (Lipinski definition) is 0. The van der Waals surface area contributed by atoms with Gasteiger partial charge >= 0.3 is 0 Å². The van der Waals surface area contributed by atoms with E-state index in [1.54, 1.807) is 13.2 Å². The molecular weight excluding hydrogens is 236 g/mol. The number of para-hydroxylation sites is 1. The molecule has 3 rings (SSSR count). The highest BCUT2D eigenvalue weighted by Gasteiger charge is 2.06. The molecule has 0 aliphatic carbocycles. The number of methoxy groups -OCH3 is 1. The van der Waals surface area contributed by atoms with E-state index in [2.05, 4.69) is 9.97 Å². The summed E-state index contributed by atoms with van der Waals surface area (Å²) in [4.78, 5) is 9.06. The van der Waals surface area contributed by atoms with Gasteiger partial charge in [0.2, 0.25) is 0 Å². The van der Waals surface area contributed by atoms with Gasteiger partial charge in [0, 0.05) is 5.02 Å². The van der Waals surface area contributed by atoms with Gasteiger partial charge in [0.15, 0.2) is 0 Å². The van der Waals surface area contributed by atoms with Gasteiger partial charge in [-0.25, -0.2) is 9.97 Å². The molecule has 0 aliphatic rings. The van der Waals surface area contributed by atoms with E-state index in [0.29, 0.717) is 5.02 Å². The Morgan fingerprint density at radius 3 is 2.71 bits per heavy atom. The zero-order valence-corrected chi connectivity index (χ0v) is 9.90. The van der Waals surface area contributed by atoms with E-state index in [9.17, 15) is 0 Å². The second-order valence-corrected chi connectivity index (χ2v) is 4.12. The number of halogens is 1. The fourth-order valence-electron chi connectivity index (χ4n) is 1.81. The van der Waals surface area contributed by atoms with Gasteiger partial charge in [-0.1, -0.05) is 17.7 Å². The van der Waals surface area contributed by atoms with E-state index < -0.39 is 0 Å². The summed E-state index contributed by atoms with van der Waals surface area (Å²) < 4.78 is 5.27. The Labute approximate surface area is 103 Å². The fraction of sp³-hybridized carbons (Fsp3) is 0.0769. The monoisotopic (exact) mass is 244 g/mol. The third-order valence-corrected chi connectivity index (χ3v) is 2.84. The average Bonchev–Trinajstić information content (AvgIpc) is 2.35. The minimum absolute atomic E-state index is 0.661. The molecular formula is C13H9ClN2O. The molecule has 0 unspecified atom stereocenters. The van der Waals surface area contributed by atoms with Gasteiger partial charge in [-0.05, 0) is 30.3 Å². The lowest BCUT2D eigenvalue weighted by atomic mass is 10.2. The Morgan fingerprint density at radius 1 is 1.00 bits per heavy atom. The molecule has 0 aliphatic heterocycles. The van der Waals surface area contributed by atoms with Crippen molar-refractivity contribution in [3.63, 3.8) is 0 Å². The molecule has 0 N–H and O–H groups in total. The van der Waals surface area contributed by atoms with Gasteiger partial charge in [0.05, 0.1) is 23.7 Å². The summed E-state index contributed by atoms with van der Waals surface area (Å²) in [5, 5.41) is 0.661. The highest BCUT2D eigenvalue weighted by atomic mass is 35.5. The van der Waals surface area contributed by atoms with Crippen LogP contribution in [-0.2, 0) is 0 Å². The van der Waals surface area contributed by atoms with Gasteiger partial charge in [-0.3, -0.25) is 0 Å². The molecule has 17 heavy (non-hydrogen) atoms. The molecule has 0 bridgehead atoms. The van der Waals surface area contributed by atoms with E-state index in [-0.39, 0.29) is 0 Å². The molecule has 0 amide bonds. The van der Waals surface area contributed by atoms with E-state index >= 15 is 0 Å². The lowest BCUT2D eigenvalue weighted by Gasteiger charge is -2.05. The van der Waals surface area contributed by atoms with Crippen molar-refractivity contribution in [2.24, 2.45) is 0 Å². The number of hydrogen-bond acceptors (Lipinski definition) is 3. The Balaban J connectivity index is 2.43. The molecule has 4 heteroatoms. The Morgan fingerprint density at radius 2 is 1.88 bits per heavy atom. The molecule has 3 nitrogen and oxygen atoms in total. The maximum Gasteiger partial charge on any atom is 0.146 e. The average molecular weight is 245 g/mol. The smallest absolute Gasteiger partial charge is 0.146 e. The van der Waals surface area contributed by atoms with Crippen LogP contribution in [0.5, 0.6) is 5.75 Å². The largest absolute Gasteiger partial charge is 0.494 e. The van der Waals surface area contributed by atoms with Crippen molar-refractivity contribution in [3.05, 3.63) is 41.4 Å². The van der Waals surface area contributed by atoms with Crippen molar-refractivity contribution >= 4 is 33.7 Å². The van der Waals surface area contributed by atoms with Crippen molar-refractivity contribution in [2.45, 2.75) is 0 Å². The molecule has 1 aromatic heterocycles. The number of fused-ring (bicyclic) bond motifs is 2. The third kappa shape index (κ3) is 1.68. The minimum Gasteiger partial charge on any atom is -0.494 e. The van der Waals surface area contributed by atoms with Crippen molar-refractivity contribution in [3.8, 4) is 5.75 Å². The number of benzene rings is 2. The number of aromatic nitrogens is 2. The Kier molecular flexibility index (Phi) is 2.34. The van der Waals surface area contributed by atoms with Crippen molar-refractivity contribution < 1.29 is 4.74 Å². The molecule has 84 valence electrons. The predicted octanol–water partition coefficient (Wildman–Crippen LogP) is 3.45. The van der Waals surface area contributed by atoms with Gasteiger partial charge < -0.3 is 4.74 Å². The highest BCUT2D eigenvalue weighted by Crippen LogP contribution is 2.25. The fourth-order valence-corrected chi connectivity index (χ4v) is 1.98. The van der Waals surface area contributed by atoms with E-state index in [0.717, 1.165) is 27.8 Å². The van der Waals surface area contributed by atoms with Crippen LogP contribution in [0.2, 0.25) is 5.02 Å².